The molecular formula is C22H24F2N4O. The second kappa shape index (κ2) is 8.39. The lowest BCUT2D eigenvalue weighted by molar-refractivity contribution is 0.0461. The molecule has 3 aromatic rings. The molecule has 5 nitrogen and oxygen atoms in total. The number of ether oxygens (including phenoxy) is 1. The van der Waals surface area contributed by atoms with E-state index in [1.54, 1.807) is 0 Å². The van der Waals surface area contributed by atoms with Crippen molar-refractivity contribution in [2.24, 2.45) is 0 Å². The summed E-state index contributed by atoms with van der Waals surface area (Å²) in [5, 5.41) is 7.19. The lowest BCUT2D eigenvalue weighted by Gasteiger charge is -2.22. The van der Waals surface area contributed by atoms with Crippen molar-refractivity contribution in [3.05, 3.63) is 82.4 Å². The highest BCUT2D eigenvalue weighted by Gasteiger charge is 2.36. The zero-order valence-electron chi connectivity index (χ0n) is 16.5. The summed E-state index contributed by atoms with van der Waals surface area (Å²) in [4.78, 5) is 6.59. The molecule has 1 N–H and O–H groups in total. The number of H-pyrrole nitrogens is 1. The first-order chi connectivity index (χ1) is 14.0. The first kappa shape index (κ1) is 19.7. The highest BCUT2D eigenvalue weighted by molar-refractivity contribution is 5.22. The predicted octanol–water partition coefficient (Wildman–Crippen LogP) is 4.23. The first-order valence-corrected chi connectivity index (χ1v) is 9.71. The minimum Gasteiger partial charge on any atom is -0.372 e. The number of rotatable bonds is 6. The van der Waals surface area contributed by atoms with Gasteiger partial charge in [-0.05, 0) is 43.5 Å². The Morgan fingerprint density at radius 2 is 1.90 bits per heavy atom. The SMILES string of the molecule is Cc1cccc(CO[C@H]2C[C@@H](c3n[nH]c(C)n3)N(Cc3cc(F)cc(F)c3)C2)c1. The predicted molar refractivity (Wildman–Crippen MR) is 105 cm³/mol. The van der Waals surface area contributed by atoms with E-state index in [1.165, 1.54) is 17.7 Å². The quantitative estimate of drug-likeness (QED) is 0.675. The van der Waals surface area contributed by atoms with Crippen molar-refractivity contribution >= 4 is 0 Å². The van der Waals surface area contributed by atoms with Crippen LogP contribution in [0.5, 0.6) is 0 Å². The molecule has 152 valence electrons. The summed E-state index contributed by atoms with van der Waals surface area (Å²) in [7, 11) is 0. The number of halogens is 2. The fourth-order valence-electron chi connectivity index (χ4n) is 3.89. The Hall–Kier alpha value is -2.64. The van der Waals surface area contributed by atoms with Gasteiger partial charge < -0.3 is 4.74 Å². The molecule has 2 heterocycles. The van der Waals surface area contributed by atoms with Crippen molar-refractivity contribution in [1.29, 1.82) is 0 Å². The van der Waals surface area contributed by atoms with Gasteiger partial charge in [0.2, 0.25) is 0 Å². The van der Waals surface area contributed by atoms with E-state index in [2.05, 4.69) is 39.1 Å². The van der Waals surface area contributed by atoms with Crippen molar-refractivity contribution in [2.45, 2.75) is 45.6 Å². The molecule has 0 saturated carbocycles. The van der Waals surface area contributed by atoms with Crippen LogP contribution in [0.3, 0.4) is 0 Å². The molecule has 2 aromatic carbocycles. The number of likely N-dealkylation sites (tertiary alicyclic amines) is 1. The van der Waals surface area contributed by atoms with Crippen LogP contribution in [-0.2, 0) is 17.9 Å². The van der Waals surface area contributed by atoms with Gasteiger partial charge in [0.05, 0.1) is 18.8 Å². The Kier molecular flexibility index (Phi) is 5.69. The topological polar surface area (TPSA) is 54.0 Å². The van der Waals surface area contributed by atoms with Crippen molar-refractivity contribution in [1.82, 2.24) is 20.1 Å². The van der Waals surface area contributed by atoms with Crippen LogP contribution in [0.2, 0.25) is 0 Å². The average Bonchev–Trinajstić information content (AvgIpc) is 3.25. The summed E-state index contributed by atoms with van der Waals surface area (Å²) >= 11 is 0. The third-order valence-corrected chi connectivity index (χ3v) is 5.15. The zero-order chi connectivity index (χ0) is 20.4. The van der Waals surface area contributed by atoms with Gasteiger partial charge in [-0.15, -0.1) is 0 Å². The molecule has 1 fully saturated rings. The Bertz CT molecular complexity index is 970. The maximum absolute atomic E-state index is 13.6. The zero-order valence-corrected chi connectivity index (χ0v) is 16.5. The second-order valence-electron chi connectivity index (χ2n) is 7.66. The molecule has 0 unspecified atom stereocenters. The van der Waals surface area contributed by atoms with E-state index >= 15 is 0 Å². The van der Waals surface area contributed by atoms with Gasteiger partial charge in [0.25, 0.3) is 0 Å². The molecule has 0 bridgehead atoms. The van der Waals surface area contributed by atoms with Gasteiger partial charge in [-0.1, -0.05) is 29.8 Å². The fourth-order valence-corrected chi connectivity index (χ4v) is 3.89. The highest BCUT2D eigenvalue weighted by Crippen LogP contribution is 2.33. The minimum absolute atomic E-state index is 0.0160. The molecule has 0 amide bonds. The molecular weight excluding hydrogens is 374 g/mol. The monoisotopic (exact) mass is 398 g/mol. The largest absolute Gasteiger partial charge is 0.372 e. The molecule has 4 rings (SSSR count). The van der Waals surface area contributed by atoms with Gasteiger partial charge in [-0.2, -0.15) is 5.10 Å². The number of nitrogens with zero attached hydrogens (tertiary/aromatic N) is 3. The molecule has 0 aliphatic carbocycles. The van der Waals surface area contributed by atoms with Crippen LogP contribution in [0.25, 0.3) is 0 Å². The smallest absolute Gasteiger partial charge is 0.167 e. The van der Waals surface area contributed by atoms with Crippen molar-refractivity contribution in [3.63, 3.8) is 0 Å². The Labute approximate surface area is 168 Å². The second-order valence-corrected chi connectivity index (χ2v) is 7.66. The summed E-state index contributed by atoms with van der Waals surface area (Å²) in [5.74, 6) is 0.273. The normalized spacial score (nSPS) is 19.7. The Morgan fingerprint density at radius 1 is 1.10 bits per heavy atom. The van der Waals surface area contributed by atoms with E-state index in [9.17, 15) is 8.78 Å². The summed E-state index contributed by atoms with van der Waals surface area (Å²) in [6, 6.07) is 11.8. The van der Waals surface area contributed by atoms with Crippen LogP contribution in [0.15, 0.2) is 42.5 Å². The number of aromatic nitrogens is 3. The first-order valence-electron chi connectivity index (χ1n) is 9.71. The van der Waals surface area contributed by atoms with Crippen LogP contribution < -0.4 is 0 Å². The van der Waals surface area contributed by atoms with E-state index in [4.69, 9.17) is 4.74 Å². The van der Waals surface area contributed by atoms with Gasteiger partial charge in [0, 0.05) is 19.2 Å². The van der Waals surface area contributed by atoms with Crippen LogP contribution >= 0.6 is 0 Å². The van der Waals surface area contributed by atoms with Crippen LogP contribution in [-0.4, -0.2) is 32.7 Å². The summed E-state index contributed by atoms with van der Waals surface area (Å²) in [6.07, 6.45) is 0.707. The van der Waals surface area contributed by atoms with E-state index in [0.717, 1.165) is 23.9 Å². The van der Waals surface area contributed by atoms with Gasteiger partial charge >= 0.3 is 0 Å². The Balaban J connectivity index is 1.49. The van der Waals surface area contributed by atoms with Crippen LogP contribution in [0.1, 0.15) is 40.8 Å². The van der Waals surface area contributed by atoms with Gasteiger partial charge in [-0.3, -0.25) is 10.00 Å². The number of nitrogens with one attached hydrogen (secondary N) is 1. The maximum Gasteiger partial charge on any atom is 0.167 e. The number of hydrogen-bond donors (Lipinski definition) is 1. The molecule has 7 heteroatoms. The third-order valence-electron chi connectivity index (χ3n) is 5.15. The minimum atomic E-state index is -0.572. The lowest BCUT2D eigenvalue weighted by atomic mass is 10.1. The number of aryl methyl sites for hydroxylation is 2. The Morgan fingerprint density at radius 3 is 2.59 bits per heavy atom. The maximum atomic E-state index is 13.6. The van der Waals surface area contributed by atoms with Crippen molar-refractivity contribution in [2.75, 3.05) is 6.54 Å². The summed E-state index contributed by atoms with van der Waals surface area (Å²) < 4.78 is 33.4. The fraction of sp³-hybridized carbons (Fsp3) is 0.364. The summed E-state index contributed by atoms with van der Waals surface area (Å²) in [5.41, 5.74) is 2.90. The van der Waals surface area contributed by atoms with Crippen molar-refractivity contribution < 1.29 is 13.5 Å². The lowest BCUT2D eigenvalue weighted by Crippen LogP contribution is -2.25. The third kappa shape index (κ3) is 4.86. The van der Waals surface area contributed by atoms with Gasteiger partial charge in [0.15, 0.2) is 5.82 Å². The molecule has 1 aromatic heterocycles. The molecule has 2 atom stereocenters. The molecule has 29 heavy (non-hydrogen) atoms. The summed E-state index contributed by atoms with van der Waals surface area (Å²) in [6.45, 7) is 5.47. The molecule has 1 saturated heterocycles. The average molecular weight is 398 g/mol. The van der Waals surface area contributed by atoms with Gasteiger partial charge in [0.1, 0.15) is 17.5 Å². The number of benzene rings is 2. The van der Waals surface area contributed by atoms with Gasteiger partial charge in [-0.25, -0.2) is 13.8 Å². The molecule has 1 aliphatic rings. The molecule has 0 radical (unpaired) electrons. The van der Waals surface area contributed by atoms with E-state index in [-0.39, 0.29) is 12.1 Å². The number of hydrogen-bond acceptors (Lipinski definition) is 4. The molecule has 1 aliphatic heterocycles. The van der Waals surface area contributed by atoms with E-state index in [1.807, 2.05) is 19.1 Å². The van der Waals surface area contributed by atoms with Crippen molar-refractivity contribution in [3.8, 4) is 0 Å². The standard InChI is InChI=1S/C22H24F2N4O/c1-14-4-3-5-16(6-14)13-29-20-10-21(22-25-15(2)26-27-22)28(12-20)11-17-7-18(23)9-19(24)8-17/h3-9,20-21H,10-13H2,1-2H3,(H,25,26,27)/t20-,21-/m0/s1. The van der Waals surface area contributed by atoms with Crippen LogP contribution in [0, 0.1) is 25.5 Å². The molecule has 0 spiro atoms. The van der Waals surface area contributed by atoms with E-state index in [0.29, 0.717) is 31.1 Å². The van der Waals surface area contributed by atoms with E-state index < -0.39 is 11.6 Å². The highest BCUT2D eigenvalue weighted by atomic mass is 19.1. The number of aromatic amines is 1. The van der Waals surface area contributed by atoms with Crippen LogP contribution in [0.4, 0.5) is 8.78 Å².